The van der Waals surface area contributed by atoms with Gasteiger partial charge in [-0.25, -0.2) is 0 Å². The molecule has 3 heteroatoms. The van der Waals surface area contributed by atoms with Crippen LogP contribution in [0, 0.1) is 5.41 Å². The molecule has 2 fully saturated rings. The van der Waals surface area contributed by atoms with E-state index < -0.39 is 0 Å². The van der Waals surface area contributed by atoms with Gasteiger partial charge in [0.05, 0.1) is 12.7 Å². The number of morpholine rings is 1. The Balaban J connectivity index is 1.95. The lowest BCUT2D eigenvalue weighted by molar-refractivity contribution is -0.0695. The van der Waals surface area contributed by atoms with Crippen LogP contribution in [0.4, 0.5) is 0 Å². The topological polar surface area (TPSA) is 24.5 Å². The van der Waals surface area contributed by atoms with Crippen molar-refractivity contribution in [1.82, 2.24) is 10.2 Å². The summed E-state index contributed by atoms with van der Waals surface area (Å²) in [5.74, 6) is 0. The average molecular weight is 282 g/mol. The molecule has 1 saturated carbocycles. The van der Waals surface area contributed by atoms with Crippen LogP contribution in [0.2, 0.25) is 0 Å². The van der Waals surface area contributed by atoms with E-state index in [4.69, 9.17) is 4.74 Å². The van der Waals surface area contributed by atoms with Crippen LogP contribution in [0.5, 0.6) is 0 Å². The van der Waals surface area contributed by atoms with E-state index >= 15 is 0 Å². The number of nitrogens with zero attached hydrogens (tertiary/aromatic N) is 1. The first-order valence-electron chi connectivity index (χ1n) is 8.81. The quantitative estimate of drug-likeness (QED) is 0.693. The van der Waals surface area contributed by atoms with Gasteiger partial charge in [0.2, 0.25) is 0 Å². The molecule has 0 radical (unpaired) electrons. The molecule has 1 heterocycles. The van der Waals surface area contributed by atoms with Gasteiger partial charge in [0.1, 0.15) is 0 Å². The fourth-order valence-corrected chi connectivity index (χ4v) is 3.94. The van der Waals surface area contributed by atoms with Gasteiger partial charge in [-0.2, -0.15) is 0 Å². The Labute approximate surface area is 125 Å². The summed E-state index contributed by atoms with van der Waals surface area (Å²) in [6, 6.07) is 0.701. The van der Waals surface area contributed by atoms with Gasteiger partial charge in [-0.05, 0) is 50.5 Å². The van der Waals surface area contributed by atoms with E-state index in [-0.39, 0.29) is 0 Å². The van der Waals surface area contributed by atoms with Gasteiger partial charge in [-0.15, -0.1) is 0 Å². The molecule has 0 amide bonds. The Hall–Kier alpha value is -0.120. The Morgan fingerprint density at radius 2 is 2.00 bits per heavy atom. The fourth-order valence-electron chi connectivity index (χ4n) is 3.94. The molecule has 1 N–H and O–H groups in total. The molecule has 0 aromatic heterocycles. The highest BCUT2D eigenvalue weighted by atomic mass is 16.5. The minimum atomic E-state index is 0.444. The Bertz CT molecular complexity index is 278. The smallest absolute Gasteiger partial charge is 0.0730 e. The molecule has 0 aromatic carbocycles. The van der Waals surface area contributed by atoms with Gasteiger partial charge < -0.3 is 10.1 Å². The van der Waals surface area contributed by atoms with E-state index in [1.54, 1.807) is 0 Å². The van der Waals surface area contributed by atoms with Gasteiger partial charge in [-0.1, -0.05) is 20.8 Å². The van der Waals surface area contributed by atoms with Crippen molar-refractivity contribution in [3.63, 3.8) is 0 Å². The summed E-state index contributed by atoms with van der Waals surface area (Å²) in [7, 11) is 0. The Kier molecular flexibility index (Phi) is 6.31. The van der Waals surface area contributed by atoms with Gasteiger partial charge in [0, 0.05) is 25.7 Å². The van der Waals surface area contributed by atoms with Crippen LogP contribution in [-0.2, 0) is 4.74 Å². The second-order valence-electron chi connectivity index (χ2n) is 6.76. The molecular weight excluding hydrogens is 248 g/mol. The van der Waals surface area contributed by atoms with Gasteiger partial charge in [-0.3, -0.25) is 4.90 Å². The molecular formula is C17H34N2O. The van der Waals surface area contributed by atoms with Crippen molar-refractivity contribution in [1.29, 1.82) is 0 Å². The van der Waals surface area contributed by atoms with E-state index in [0.717, 1.165) is 19.7 Å². The fraction of sp³-hybridized carbons (Fsp3) is 1.00. The van der Waals surface area contributed by atoms with Crippen molar-refractivity contribution in [3.05, 3.63) is 0 Å². The highest BCUT2D eigenvalue weighted by Gasteiger charge is 2.39. The molecule has 2 unspecified atom stereocenters. The summed E-state index contributed by atoms with van der Waals surface area (Å²) >= 11 is 0. The summed E-state index contributed by atoms with van der Waals surface area (Å²) in [5.41, 5.74) is 0.444. The SMILES string of the molecule is CCCNCC(CC)(CC)CN1CCOC2CCCC21. The van der Waals surface area contributed by atoms with Crippen molar-refractivity contribution in [3.8, 4) is 0 Å². The maximum absolute atomic E-state index is 5.96. The largest absolute Gasteiger partial charge is 0.375 e. The lowest BCUT2D eigenvalue weighted by Crippen LogP contribution is -2.54. The number of nitrogens with one attached hydrogen (secondary N) is 1. The number of hydrogen-bond donors (Lipinski definition) is 1. The second-order valence-corrected chi connectivity index (χ2v) is 6.76. The minimum Gasteiger partial charge on any atom is -0.375 e. The van der Waals surface area contributed by atoms with Gasteiger partial charge >= 0.3 is 0 Å². The molecule has 0 bridgehead atoms. The molecule has 0 aromatic rings. The Morgan fingerprint density at radius 3 is 2.70 bits per heavy atom. The molecule has 20 heavy (non-hydrogen) atoms. The second kappa shape index (κ2) is 7.77. The van der Waals surface area contributed by atoms with Crippen LogP contribution in [0.25, 0.3) is 0 Å². The molecule has 2 rings (SSSR count). The van der Waals surface area contributed by atoms with Gasteiger partial charge in [0.25, 0.3) is 0 Å². The highest BCUT2D eigenvalue weighted by Crippen LogP contribution is 2.34. The number of rotatable bonds is 8. The monoisotopic (exact) mass is 282 g/mol. The van der Waals surface area contributed by atoms with E-state index in [0.29, 0.717) is 17.6 Å². The van der Waals surface area contributed by atoms with E-state index in [1.807, 2.05) is 0 Å². The maximum Gasteiger partial charge on any atom is 0.0730 e. The minimum absolute atomic E-state index is 0.444. The molecule has 1 aliphatic carbocycles. The normalized spacial score (nSPS) is 27.8. The summed E-state index contributed by atoms with van der Waals surface area (Å²) in [5, 5.41) is 3.67. The van der Waals surface area contributed by atoms with Crippen molar-refractivity contribution < 1.29 is 4.74 Å². The van der Waals surface area contributed by atoms with Crippen molar-refractivity contribution in [2.75, 3.05) is 32.8 Å². The third kappa shape index (κ3) is 3.75. The van der Waals surface area contributed by atoms with Crippen LogP contribution in [0.3, 0.4) is 0 Å². The first kappa shape index (κ1) is 16.3. The zero-order valence-electron chi connectivity index (χ0n) is 13.8. The standard InChI is InChI=1S/C17H34N2O/c1-4-10-18-13-17(5-2,6-3)14-19-11-12-20-16-9-7-8-15(16)19/h15-16,18H,4-14H2,1-3H3. The molecule has 1 saturated heterocycles. The zero-order chi connectivity index (χ0) is 14.4. The third-order valence-electron chi connectivity index (χ3n) is 5.56. The number of hydrogen-bond acceptors (Lipinski definition) is 3. The number of ether oxygens (including phenoxy) is 1. The molecule has 118 valence electrons. The summed E-state index contributed by atoms with van der Waals surface area (Å²) in [4.78, 5) is 2.75. The van der Waals surface area contributed by atoms with Crippen molar-refractivity contribution in [2.24, 2.45) is 5.41 Å². The lowest BCUT2D eigenvalue weighted by Gasteiger charge is -2.44. The van der Waals surface area contributed by atoms with Crippen molar-refractivity contribution >= 4 is 0 Å². The molecule has 2 atom stereocenters. The predicted octanol–water partition coefficient (Wildman–Crippen LogP) is 3.05. The predicted molar refractivity (Wildman–Crippen MR) is 85.1 cm³/mol. The molecule has 1 aliphatic heterocycles. The summed E-state index contributed by atoms with van der Waals surface area (Å²) in [6.45, 7) is 12.6. The Morgan fingerprint density at radius 1 is 1.20 bits per heavy atom. The average Bonchev–Trinajstić information content (AvgIpc) is 2.96. The third-order valence-corrected chi connectivity index (χ3v) is 5.56. The van der Waals surface area contributed by atoms with Crippen LogP contribution in [0.15, 0.2) is 0 Å². The maximum atomic E-state index is 5.96. The first-order valence-corrected chi connectivity index (χ1v) is 8.81. The van der Waals surface area contributed by atoms with E-state index in [2.05, 4.69) is 31.0 Å². The van der Waals surface area contributed by atoms with Gasteiger partial charge in [0.15, 0.2) is 0 Å². The van der Waals surface area contributed by atoms with Crippen molar-refractivity contribution in [2.45, 2.75) is 71.4 Å². The van der Waals surface area contributed by atoms with E-state index in [9.17, 15) is 0 Å². The van der Waals surface area contributed by atoms with E-state index in [1.165, 1.54) is 51.6 Å². The zero-order valence-corrected chi connectivity index (χ0v) is 13.8. The lowest BCUT2D eigenvalue weighted by atomic mass is 9.81. The van der Waals surface area contributed by atoms with Crippen LogP contribution in [-0.4, -0.2) is 49.8 Å². The molecule has 3 nitrogen and oxygen atoms in total. The summed E-state index contributed by atoms with van der Waals surface area (Å²) < 4.78 is 5.96. The molecule has 0 spiro atoms. The first-order chi connectivity index (χ1) is 9.74. The van der Waals surface area contributed by atoms with Crippen LogP contribution in [0.1, 0.15) is 59.3 Å². The summed E-state index contributed by atoms with van der Waals surface area (Å²) in [6.07, 6.45) is 8.27. The van der Waals surface area contributed by atoms with Crippen LogP contribution >= 0.6 is 0 Å². The number of fused-ring (bicyclic) bond motifs is 1. The molecule has 2 aliphatic rings. The van der Waals surface area contributed by atoms with Crippen LogP contribution < -0.4 is 5.32 Å². The highest BCUT2D eigenvalue weighted by molar-refractivity contribution is 4.93.